The van der Waals surface area contributed by atoms with E-state index < -0.39 is 30.4 Å². The molecule has 3 aromatic rings. The van der Waals surface area contributed by atoms with Gasteiger partial charge in [0.2, 0.25) is 11.8 Å². The van der Waals surface area contributed by atoms with Crippen molar-refractivity contribution in [2.75, 3.05) is 41.9 Å². The Balaban J connectivity index is 1.81. The van der Waals surface area contributed by atoms with E-state index >= 15 is 0 Å². The lowest BCUT2D eigenvalue weighted by atomic mass is 10.1. The van der Waals surface area contributed by atoms with Gasteiger partial charge < -0.3 is 30.3 Å². The second-order valence-corrected chi connectivity index (χ2v) is 8.17. The van der Waals surface area contributed by atoms with E-state index in [0.29, 0.717) is 16.9 Å². The van der Waals surface area contributed by atoms with E-state index in [1.165, 1.54) is 11.0 Å². The molecular weight excluding hydrogens is 488 g/mol. The van der Waals surface area contributed by atoms with Crippen LogP contribution in [0.3, 0.4) is 0 Å². The lowest BCUT2D eigenvalue weighted by molar-refractivity contribution is -0.121. The molecule has 0 bridgehead atoms. The fourth-order valence-corrected chi connectivity index (χ4v) is 3.61. The van der Waals surface area contributed by atoms with Gasteiger partial charge in [0.25, 0.3) is 0 Å². The third kappa shape index (κ3) is 7.40. The third-order valence-corrected chi connectivity index (χ3v) is 5.57. The highest BCUT2D eigenvalue weighted by atomic mass is 16.5. The first kappa shape index (κ1) is 27.9. The Kier molecular flexibility index (Phi) is 9.95. The highest BCUT2D eigenvalue weighted by Crippen LogP contribution is 2.23. The summed E-state index contributed by atoms with van der Waals surface area (Å²) in [6, 6.07) is 21.2. The lowest BCUT2D eigenvalue weighted by Crippen LogP contribution is -2.47. The normalized spacial score (nSPS) is 10.3. The average molecular weight is 519 g/mol. The van der Waals surface area contributed by atoms with Gasteiger partial charge in [0.15, 0.2) is 0 Å². The number of likely N-dealkylation sites (N-methyl/N-ethyl adjacent to an activating group) is 1. The smallest absolute Gasteiger partial charge is 0.340 e. The van der Waals surface area contributed by atoms with Crippen molar-refractivity contribution in [1.29, 1.82) is 0 Å². The van der Waals surface area contributed by atoms with Crippen molar-refractivity contribution in [3.63, 3.8) is 0 Å². The van der Waals surface area contributed by atoms with Gasteiger partial charge in [-0.3, -0.25) is 9.59 Å². The average Bonchev–Trinajstić information content (AvgIpc) is 2.94. The number of nitrogens with one attached hydrogen (secondary N) is 2. The molecule has 0 fully saturated rings. The summed E-state index contributed by atoms with van der Waals surface area (Å²) in [5, 5.41) is 14.4. The molecule has 0 radical (unpaired) electrons. The van der Waals surface area contributed by atoms with Gasteiger partial charge in [0.05, 0.1) is 31.0 Å². The highest BCUT2D eigenvalue weighted by molar-refractivity contribution is 6.08. The number of anilines is 3. The fourth-order valence-electron chi connectivity index (χ4n) is 3.61. The predicted octanol–water partition coefficient (Wildman–Crippen LogP) is 3.17. The van der Waals surface area contributed by atoms with Gasteiger partial charge in [-0.15, -0.1) is 0 Å². The number of nitrogens with zero attached hydrogens (tertiary/aromatic N) is 2. The molecule has 0 spiro atoms. The maximum atomic E-state index is 13.4. The van der Waals surface area contributed by atoms with Crippen molar-refractivity contribution in [1.82, 2.24) is 5.32 Å². The van der Waals surface area contributed by atoms with Crippen LogP contribution in [-0.2, 0) is 20.9 Å². The van der Waals surface area contributed by atoms with Crippen LogP contribution >= 0.6 is 0 Å². The van der Waals surface area contributed by atoms with Crippen molar-refractivity contribution in [2.24, 2.45) is 0 Å². The van der Waals surface area contributed by atoms with Crippen LogP contribution in [0.1, 0.15) is 22.8 Å². The molecule has 0 aliphatic rings. The molecule has 38 heavy (non-hydrogen) atoms. The van der Waals surface area contributed by atoms with Crippen LogP contribution in [0.5, 0.6) is 0 Å². The lowest BCUT2D eigenvalue weighted by Gasteiger charge is -2.27. The van der Waals surface area contributed by atoms with Crippen LogP contribution in [-0.4, -0.2) is 55.7 Å². The molecular formula is C28H30N4O6. The van der Waals surface area contributed by atoms with Crippen molar-refractivity contribution >= 4 is 40.9 Å². The van der Waals surface area contributed by atoms with Crippen molar-refractivity contribution in [2.45, 2.75) is 13.5 Å². The Morgan fingerprint density at radius 3 is 2.32 bits per heavy atom. The summed E-state index contributed by atoms with van der Waals surface area (Å²) >= 11 is 0. The van der Waals surface area contributed by atoms with E-state index in [2.05, 4.69) is 10.6 Å². The zero-order valence-electron chi connectivity index (χ0n) is 21.2. The van der Waals surface area contributed by atoms with Crippen LogP contribution in [0, 0.1) is 0 Å². The number of amides is 4. The second-order valence-electron chi connectivity index (χ2n) is 8.17. The van der Waals surface area contributed by atoms with Crippen LogP contribution in [0.15, 0.2) is 78.9 Å². The van der Waals surface area contributed by atoms with E-state index in [1.807, 2.05) is 6.07 Å². The van der Waals surface area contributed by atoms with Gasteiger partial charge >= 0.3 is 12.0 Å². The number of urea groups is 1. The monoisotopic (exact) mass is 518 g/mol. The number of hydrogen-bond donors (Lipinski definition) is 3. The van der Waals surface area contributed by atoms with Gasteiger partial charge in [-0.2, -0.15) is 0 Å². The van der Waals surface area contributed by atoms with Crippen LogP contribution in [0.4, 0.5) is 21.9 Å². The van der Waals surface area contributed by atoms with E-state index in [9.17, 15) is 24.3 Å². The van der Waals surface area contributed by atoms with Crippen LogP contribution in [0.2, 0.25) is 0 Å². The number of hydrogen-bond acceptors (Lipinski definition) is 6. The number of carbonyl (C=O) groups is 4. The van der Waals surface area contributed by atoms with E-state index in [0.717, 1.165) is 4.90 Å². The molecule has 3 N–H and O–H groups in total. The zero-order valence-corrected chi connectivity index (χ0v) is 21.2. The number of para-hydroxylation sites is 2. The van der Waals surface area contributed by atoms with Crippen molar-refractivity contribution < 1.29 is 29.0 Å². The Morgan fingerprint density at radius 1 is 0.895 bits per heavy atom. The Hall–Kier alpha value is -4.70. The van der Waals surface area contributed by atoms with Gasteiger partial charge in [0, 0.05) is 18.4 Å². The molecule has 3 aromatic carbocycles. The van der Waals surface area contributed by atoms with Gasteiger partial charge in [-0.05, 0) is 48.9 Å². The number of rotatable bonds is 10. The molecule has 0 unspecified atom stereocenters. The summed E-state index contributed by atoms with van der Waals surface area (Å²) in [6.45, 7) is 0.778. The van der Waals surface area contributed by atoms with E-state index in [1.54, 1.807) is 80.7 Å². The predicted molar refractivity (Wildman–Crippen MR) is 144 cm³/mol. The molecule has 0 saturated heterocycles. The maximum absolute atomic E-state index is 13.4. The third-order valence-electron chi connectivity index (χ3n) is 5.57. The molecule has 10 heteroatoms. The number of aliphatic hydroxyl groups excluding tert-OH is 1. The SMILES string of the molecule is CCOC(=O)c1ccccc1N(CC(=O)N(C)c1ccccc1)C(=O)CNC(=O)Nc1cccc(CO)c1. The molecule has 10 nitrogen and oxygen atoms in total. The van der Waals surface area contributed by atoms with E-state index in [4.69, 9.17) is 4.74 Å². The molecule has 0 aliphatic heterocycles. The number of ether oxygens (including phenoxy) is 1. The van der Waals surface area contributed by atoms with Crippen LogP contribution in [0.25, 0.3) is 0 Å². The Labute approximate surface area is 220 Å². The summed E-state index contributed by atoms with van der Waals surface area (Å²) < 4.78 is 5.13. The first-order valence-electron chi connectivity index (χ1n) is 12.0. The minimum atomic E-state index is -0.653. The highest BCUT2D eigenvalue weighted by Gasteiger charge is 2.26. The summed E-state index contributed by atoms with van der Waals surface area (Å²) in [5.74, 6) is -1.66. The molecule has 4 amide bonds. The van der Waals surface area contributed by atoms with Gasteiger partial charge in [0.1, 0.15) is 6.54 Å². The second kappa shape index (κ2) is 13.6. The molecule has 3 rings (SSSR count). The largest absolute Gasteiger partial charge is 0.462 e. The van der Waals surface area contributed by atoms with Gasteiger partial charge in [-0.1, -0.05) is 42.5 Å². The minimum Gasteiger partial charge on any atom is -0.462 e. The first-order valence-corrected chi connectivity index (χ1v) is 12.0. The number of aliphatic hydroxyl groups is 1. The summed E-state index contributed by atoms with van der Waals surface area (Å²) in [5.41, 5.74) is 1.98. The molecule has 198 valence electrons. The molecule has 0 aliphatic carbocycles. The first-order chi connectivity index (χ1) is 18.3. The Morgan fingerprint density at radius 2 is 1.61 bits per heavy atom. The zero-order chi connectivity index (χ0) is 27.5. The quantitative estimate of drug-likeness (QED) is 0.354. The van der Waals surface area contributed by atoms with E-state index in [-0.39, 0.29) is 31.0 Å². The van der Waals surface area contributed by atoms with Crippen molar-refractivity contribution in [3.8, 4) is 0 Å². The number of esters is 1. The maximum Gasteiger partial charge on any atom is 0.340 e. The summed E-state index contributed by atoms with van der Waals surface area (Å²) in [7, 11) is 1.59. The molecule has 0 saturated carbocycles. The van der Waals surface area contributed by atoms with Crippen LogP contribution < -0.4 is 20.4 Å². The summed E-state index contributed by atoms with van der Waals surface area (Å²) in [4.78, 5) is 54.1. The topological polar surface area (TPSA) is 128 Å². The fraction of sp³-hybridized carbons (Fsp3) is 0.214. The van der Waals surface area contributed by atoms with Gasteiger partial charge in [-0.25, -0.2) is 9.59 Å². The number of benzene rings is 3. The molecule has 0 heterocycles. The summed E-state index contributed by atoms with van der Waals surface area (Å²) in [6.07, 6.45) is 0. The minimum absolute atomic E-state index is 0.114. The van der Waals surface area contributed by atoms with Crippen molar-refractivity contribution in [3.05, 3.63) is 90.0 Å². The molecule has 0 atom stereocenters. The Bertz CT molecular complexity index is 1280. The molecule has 0 aromatic heterocycles. The standard InChI is InChI=1S/C28H30N4O6/c1-3-38-27(36)23-14-7-8-15-24(23)32(18-26(35)31(2)22-12-5-4-6-13-22)25(34)17-29-28(37)30-21-11-9-10-20(16-21)19-33/h4-16,33H,3,17-19H2,1-2H3,(H2,29,30,37). The number of carbonyl (C=O) groups excluding carboxylic acids is 4.